The molecule has 1 atom stereocenters. The van der Waals surface area contributed by atoms with Gasteiger partial charge in [-0.05, 0) is 48.7 Å². The second kappa shape index (κ2) is 5.27. The second-order valence-corrected chi connectivity index (χ2v) is 5.87. The van der Waals surface area contributed by atoms with Crippen molar-refractivity contribution in [3.63, 3.8) is 0 Å². The van der Waals surface area contributed by atoms with E-state index in [1.54, 1.807) is 0 Å². The summed E-state index contributed by atoms with van der Waals surface area (Å²) < 4.78 is 3.07. The van der Waals surface area contributed by atoms with Gasteiger partial charge in [-0.2, -0.15) is 11.8 Å². The molecule has 2 nitrogen and oxygen atoms in total. The Labute approximate surface area is 111 Å². The molecule has 1 heterocycles. The summed E-state index contributed by atoms with van der Waals surface area (Å²) in [6.07, 6.45) is 2.15. The number of nitrogens with zero attached hydrogens (tertiary/aromatic N) is 1. The Balaban J connectivity index is 2.46. The molecule has 1 aromatic heterocycles. The van der Waals surface area contributed by atoms with E-state index >= 15 is 0 Å². The van der Waals surface area contributed by atoms with Gasteiger partial charge in [0, 0.05) is 6.54 Å². The molecule has 0 saturated heterocycles. The van der Waals surface area contributed by atoms with Gasteiger partial charge in [0.05, 0.1) is 11.0 Å². The third-order valence-electron chi connectivity index (χ3n) is 2.94. The maximum absolute atomic E-state index is 5.42. The van der Waals surface area contributed by atoms with Crippen LogP contribution in [0.3, 0.4) is 0 Å². The van der Waals surface area contributed by atoms with E-state index in [9.17, 15) is 0 Å². The topological polar surface area (TPSA) is 20.7 Å². The molecule has 4 heteroatoms. The summed E-state index contributed by atoms with van der Waals surface area (Å²) in [7, 11) is 0. The van der Waals surface area contributed by atoms with Crippen molar-refractivity contribution in [3.05, 3.63) is 28.5 Å². The van der Waals surface area contributed by atoms with Gasteiger partial charge in [0.2, 0.25) is 0 Å². The van der Waals surface area contributed by atoms with Crippen LogP contribution in [0, 0.1) is 17.6 Å². The number of rotatable bonds is 4. The van der Waals surface area contributed by atoms with E-state index < -0.39 is 0 Å². The largest absolute Gasteiger partial charge is 0.331 e. The summed E-state index contributed by atoms with van der Waals surface area (Å²) in [5.41, 5.74) is 3.68. The highest BCUT2D eigenvalue weighted by atomic mass is 32.2. The predicted octanol–water partition coefficient (Wildman–Crippen LogP) is 4.01. The van der Waals surface area contributed by atoms with E-state index in [0.717, 1.165) is 16.8 Å². The fraction of sp³-hybridized carbons (Fsp3) is 0.462. The molecule has 0 aliphatic carbocycles. The monoisotopic (exact) mass is 266 g/mol. The predicted molar refractivity (Wildman–Crippen MR) is 79.4 cm³/mol. The first-order valence-electron chi connectivity index (χ1n) is 5.80. The van der Waals surface area contributed by atoms with Crippen LogP contribution in [-0.2, 0) is 6.54 Å². The summed E-state index contributed by atoms with van der Waals surface area (Å²) in [6.45, 7) is 5.40. The number of fused-ring (bicyclic) bond motifs is 1. The number of nitrogens with one attached hydrogen (secondary N) is 1. The van der Waals surface area contributed by atoms with E-state index in [0.29, 0.717) is 5.92 Å². The van der Waals surface area contributed by atoms with Crippen LogP contribution in [0.15, 0.2) is 18.2 Å². The van der Waals surface area contributed by atoms with Gasteiger partial charge in [-0.15, -0.1) is 0 Å². The fourth-order valence-electron chi connectivity index (χ4n) is 2.23. The first-order valence-corrected chi connectivity index (χ1v) is 7.60. The molecule has 0 fully saturated rings. The summed E-state index contributed by atoms with van der Waals surface area (Å²) in [5, 5.41) is 0. The molecule has 1 N–H and O–H groups in total. The third-order valence-corrected chi connectivity index (χ3v) is 4.16. The first-order chi connectivity index (χ1) is 8.13. The van der Waals surface area contributed by atoms with E-state index in [-0.39, 0.29) is 0 Å². The molecule has 0 radical (unpaired) electrons. The molecular weight excluding hydrogens is 248 g/mol. The van der Waals surface area contributed by atoms with Crippen LogP contribution in [0.2, 0.25) is 0 Å². The number of aryl methyl sites for hydroxylation is 1. The van der Waals surface area contributed by atoms with Crippen molar-refractivity contribution in [3.8, 4) is 0 Å². The van der Waals surface area contributed by atoms with Crippen molar-refractivity contribution < 1.29 is 0 Å². The lowest BCUT2D eigenvalue weighted by Crippen LogP contribution is -2.10. The van der Waals surface area contributed by atoms with Crippen molar-refractivity contribution in [2.24, 2.45) is 5.92 Å². The maximum atomic E-state index is 5.42. The molecular formula is C13H18N2S2. The first kappa shape index (κ1) is 12.7. The number of thioether (sulfide) groups is 1. The molecule has 0 spiro atoms. The smallest absolute Gasteiger partial charge is 0.178 e. The molecule has 2 aromatic rings. The number of imidazole rings is 1. The average molecular weight is 266 g/mol. The van der Waals surface area contributed by atoms with E-state index in [2.05, 4.69) is 47.9 Å². The number of hydrogen-bond acceptors (Lipinski definition) is 2. The summed E-state index contributed by atoms with van der Waals surface area (Å²) in [4.78, 5) is 3.29. The van der Waals surface area contributed by atoms with Crippen molar-refractivity contribution >= 4 is 35.0 Å². The number of H-pyrrole nitrogens is 1. The molecule has 0 amide bonds. The molecule has 17 heavy (non-hydrogen) atoms. The highest BCUT2D eigenvalue weighted by Gasteiger charge is 2.09. The van der Waals surface area contributed by atoms with E-state index in [4.69, 9.17) is 12.2 Å². The quantitative estimate of drug-likeness (QED) is 0.844. The molecule has 1 aromatic carbocycles. The van der Waals surface area contributed by atoms with Crippen molar-refractivity contribution in [2.45, 2.75) is 20.4 Å². The summed E-state index contributed by atoms with van der Waals surface area (Å²) >= 11 is 7.31. The normalized spacial score (nSPS) is 13.1. The van der Waals surface area contributed by atoms with Gasteiger partial charge in [-0.1, -0.05) is 19.1 Å². The van der Waals surface area contributed by atoms with Crippen molar-refractivity contribution in [2.75, 3.05) is 12.0 Å². The molecule has 0 aliphatic rings. The molecule has 0 bridgehead atoms. The summed E-state index contributed by atoms with van der Waals surface area (Å²) in [5.74, 6) is 1.80. The lowest BCUT2D eigenvalue weighted by Gasteiger charge is -2.12. The van der Waals surface area contributed by atoms with Gasteiger partial charge in [-0.3, -0.25) is 0 Å². The van der Waals surface area contributed by atoms with E-state index in [1.165, 1.54) is 16.8 Å². The Kier molecular flexibility index (Phi) is 3.94. The Morgan fingerprint density at radius 2 is 2.24 bits per heavy atom. The molecule has 0 saturated carbocycles. The summed E-state index contributed by atoms with van der Waals surface area (Å²) in [6, 6.07) is 6.30. The molecule has 1 unspecified atom stereocenters. The number of benzene rings is 1. The minimum atomic E-state index is 0.635. The number of hydrogen-bond donors (Lipinski definition) is 1. The van der Waals surface area contributed by atoms with Crippen LogP contribution in [0.5, 0.6) is 0 Å². The SMILES string of the molecule is CSCC(C)Cn1c(=S)[nH]c2cccc(C)c21. The van der Waals surface area contributed by atoms with Crippen molar-refractivity contribution in [1.82, 2.24) is 9.55 Å². The van der Waals surface area contributed by atoms with Crippen LogP contribution < -0.4 is 0 Å². The lowest BCUT2D eigenvalue weighted by atomic mass is 10.2. The van der Waals surface area contributed by atoms with Crippen LogP contribution in [0.25, 0.3) is 11.0 Å². The fourth-order valence-corrected chi connectivity index (χ4v) is 3.18. The van der Waals surface area contributed by atoms with Gasteiger partial charge in [-0.25, -0.2) is 0 Å². The highest BCUT2D eigenvalue weighted by molar-refractivity contribution is 7.98. The molecule has 2 rings (SSSR count). The number of aromatic amines is 1. The number of aromatic nitrogens is 2. The Morgan fingerprint density at radius 1 is 1.47 bits per heavy atom. The van der Waals surface area contributed by atoms with Crippen LogP contribution in [0.1, 0.15) is 12.5 Å². The third kappa shape index (κ3) is 2.58. The lowest BCUT2D eigenvalue weighted by molar-refractivity contribution is 0.536. The van der Waals surface area contributed by atoms with Crippen LogP contribution in [0.4, 0.5) is 0 Å². The Bertz CT molecular complexity index is 568. The van der Waals surface area contributed by atoms with E-state index in [1.807, 2.05) is 11.8 Å². The standard InChI is InChI=1S/C13H18N2S2/c1-9(8-17-3)7-15-12-10(2)5-4-6-11(12)14-13(15)16/h4-6,9H,7-8H2,1-3H3,(H,14,16). The zero-order valence-electron chi connectivity index (χ0n) is 10.5. The molecule has 0 aliphatic heterocycles. The second-order valence-electron chi connectivity index (χ2n) is 4.57. The van der Waals surface area contributed by atoms with Crippen molar-refractivity contribution in [1.29, 1.82) is 0 Å². The highest BCUT2D eigenvalue weighted by Crippen LogP contribution is 2.20. The van der Waals surface area contributed by atoms with Crippen LogP contribution >= 0.6 is 24.0 Å². The Morgan fingerprint density at radius 3 is 2.94 bits per heavy atom. The average Bonchev–Trinajstić information content (AvgIpc) is 2.57. The van der Waals surface area contributed by atoms with Gasteiger partial charge in [0.1, 0.15) is 0 Å². The minimum Gasteiger partial charge on any atom is -0.331 e. The van der Waals surface area contributed by atoms with Gasteiger partial charge in [0.25, 0.3) is 0 Å². The minimum absolute atomic E-state index is 0.635. The van der Waals surface area contributed by atoms with Gasteiger partial charge >= 0.3 is 0 Å². The van der Waals surface area contributed by atoms with Gasteiger partial charge < -0.3 is 9.55 Å². The number of para-hydroxylation sites is 1. The zero-order valence-corrected chi connectivity index (χ0v) is 12.1. The molecule has 92 valence electrons. The Hall–Kier alpha value is -0.740. The maximum Gasteiger partial charge on any atom is 0.178 e. The van der Waals surface area contributed by atoms with Gasteiger partial charge in [0.15, 0.2) is 4.77 Å². The zero-order chi connectivity index (χ0) is 12.4. The van der Waals surface area contributed by atoms with Crippen LogP contribution in [-0.4, -0.2) is 21.6 Å².